The molecule has 3 atom stereocenters. The van der Waals surface area contributed by atoms with Crippen molar-refractivity contribution in [2.24, 2.45) is 5.92 Å². The lowest BCUT2D eigenvalue weighted by Crippen LogP contribution is -2.43. The first-order valence-electron chi connectivity index (χ1n) is 16.3. The molecular weight excluding hydrogens is 860 g/mol. The molecule has 2 saturated heterocycles. The maximum Gasteiger partial charge on any atom is 0.164 e. The lowest BCUT2D eigenvalue weighted by Gasteiger charge is -2.38. The molecular formula is C32H48ClI2N7O2Si2. The maximum atomic E-state index is 5.98. The maximum absolute atomic E-state index is 5.98. The number of rotatable bonds is 11. The molecule has 0 N–H and O–H groups in total. The van der Waals surface area contributed by atoms with Crippen molar-refractivity contribution in [1.82, 2.24) is 29.1 Å². The van der Waals surface area contributed by atoms with Crippen LogP contribution in [0.25, 0.3) is 22.3 Å². The molecule has 252 valence electrons. The van der Waals surface area contributed by atoms with Crippen LogP contribution in [-0.2, 0) is 22.9 Å². The zero-order valence-corrected chi connectivity index (χ0v) is 35.3. The summed E-state index contributed by atoms with van der Waals surface area (Å²) in [5, 5.41) is 0.408. The summed E-state index contributed by atoms with van der Waals surface area (Å²) in [5.41, 5.74) is 3.61. The summed E-state index contributed by atoms with van der Waals surface area (Å²) in [7, 11) is -2.10. The van der Waals surface area contributed by atoms with Gasteiger partial charge in [-0.3, -0.25) is 0 Å². The van der Waals surface area contributed by atoms with E-state index >= 15 is 0 Å². The first kappa shape index (κ1) is 36.4. The minimum absolute atomic E-state index is 0.408. The molecule has 0 radical (unpaired) electrons. The average molecular weight is 908 g/mol. The van der Waals surface area contributed by atoms with Crippen LogP contribution in [0.3, 0.4) is 0 Å². The van der Waals surface area contributed by atoms with Crippen LogP contribution in [0.1, 0.15) is 32.6 Å². The van der Waals surface area contributed by atoms with Gasteiger partial charge in [0.1, 0.15) is 35.5 Å². The molecule has 0 aliphatic carbocycles. The van der Waals surface area contributed by atoms with Gasteiger partial charge in [-0.05, 0) is 88.9 Å². The lowest BCUT2D eigenvalue weighted by molar-refractivity contribution is 0.0897. The summed E-state index contributed by atoms with van der Waals surface area (Å²) >= 11 is 10.5. The van der Waals surface area contributed by atoms with Crippen molar-refractivity contribution in [1.29, 1.82) is 0 Å². The van der Waals surface area contributed by atoms with E-state index in [0.29, 0.717) is 30.7 Å². The third-order valence-corrected chi connectivity index (χ3v) is 13.9. The predicted octanol–water partition coefficient (Wildman–Crippen LogP) is 9.12. The summed E-state index contributed by atoms with van der Waals surface area (Å²) in [5.74, 6) is 1.89. The van der Waals surface area contributed by atoms with Crippen molar-refractivity contribution < 1.29 is 9.47 Å². The van der Waals surface area contributed by atoms with Gasteiger partial charge in [-0.2, -0.15) is 0 Å². The topological polar surface area (TPSA) is 83.1 Å². The molecule has 1 unspecified atom stereocenters. The fourth-order valence-electron chi connectivity index (χ4n) is 6.21. The number of aromatic nitrogens is 6. The number of anilines is 1. The normalized spacial score (nSPS) is 20.0. The van der Waals surface area contributed by atoms with Gasteiger partial charge in [-0.25, -0.2) is 19.9 Å². The lowest BCUT2D eigenvalue weighted by atomic mass is 9.92. The summed E-state index contributed by atoms with van der Waals surface area (Å²) in [4.78, 5) is 21.0. The van der Waals surface area contributed by atoms with Crippen LogP contribution < -0.4 is 4.90 Å². The Morgan fingerprint density at radius 2 is 1.26 bits per heavy atom. The third kappa shape index (κ3) is 9.43. The largest absolute Gasteiger partial charge is 0.361 e. The molecule has 2 aliphatic rings. The third-order valence-electron chi connectivity index (χ3n) is 8.69. The van der Waals surface area contributed by atoms with Crippen molar-refractivity contribution in [3.63, 3.8) is 0 Å². The number of nitrogens with zero attached hydrogens (tertiary/aromatic N) is 7. The van der Waals surface area contributed by atoms with Crippen LogP contribution in [0.2, 0.25) is 56.5 Å². The van der Waals surface area contributed by atoms with E-state index in [-0.39, 0.29) is 0 Å². The Morgan fingerprint density at radius 3 is 1.76 bits per heavy atom. The fourth-order valence-corrected chi connectivity index (χ4v) is 9.29. The molecule has 2 aliphatic heterocycles. The van der Waals surface area contributed by atoms with E-state index in [2.05, 4.69) is 117 Å². The van der Waals surface area contributed by atoms with E-state index in [1.807, 2.05) is 17.0 Å². The van der Waals surface area contributed by atoms with Gasteiger partial charge in [0.05, 0.1) is 19.5 Å². The van der Waals surface area contributed by atoms with Crippen LogP contribution in [0.15, 0.2) is 24.8 Å². The van der Waals surface area contributed by atoms with Crippen LogP contribution in [0, 0.1) is 13.1 Å². The standard InChI is InChI=1S/C20H31IN4OSi.C12H17ClIN3OSi/c1-14-9-15-5-6-16(10-14)25(15)18-11-22-19-17(21)12-24(20(19)23-18)13-26-7-8-27(2,3)4;1-19(2,3)5-4-18-8-17-7-9(14)11-12(17)16-10(13)6-15-11/h11-12,14-16H,5-10,13H2,1-4H3;6-7H,4-5,8H2,1-3H3/t14?,15-,16+;. The fraction of sp³-hybridized carbons (Fsp3) is 0.625. The highest BCUT2D eigenvalue weighted by Crippen LogP contribution is 2.41. The van der Waals surface area contributed by atoms with E-state index in [1.54, 1.807) is 6.20 Å². The zero-order valence-electron chi connectivity index (χ0n) is 28.2. The molecule has 0 aromatic carbocycles. The van der Waals surface area contributed by atoms with Gasteiger partial charge in [0.15, 0.2) is 11.3 Å². The predicted molar refractivity (Wildman–Crippen MR) is 211 cm³/mol. The van der Waals surface area contributed by atoms with E-state index in [0.717, 1.165) is 60.5 Å². The highest BCUT2D eigenvalue weighted by Gasteiger charge is 2.40. The Labute approximate surface area is 307 Å². The Bertz CT molecular complexity index is 1620. The quantitative estimate of drug-likeness (QED) is 0.0844. The Balaban J connectivity index is 0.000000193. The first-order chi connectivity index (χ1) is 21.7. The van der Waals surface area contributed by atoms with Crippen LogP contribution in [0.5, 0.6) is 0 Å². The molecule has 2 fully saturated rings. The Hall–Kier alpha value is -0.856. The number of hydrogen-bond acceptors (Lipinski definition) is 7. The van der Waals surface area contributed by atoms with E-state index < -0.39 is 16.1 Å². The van der Waals surface area contributed by atoms with Gasteiger partial charge < -0.3 is 23.5 Å². The van der Waals surface area contributed by atoms with Crippen molar-refractivity contribution >= 4 is 101 Å². The second kappa shape index (κ2) is 15.4. The van der Waals surface area contributed by atoms with Gasteiger partial charge in [0, 0.05) is 53.8 Å². The van der Waals surface area contributed by atoms with Crippen LogP contribution in [-0.4, -0.2) is 70.5 Å². The highest BCUT2D eigenvalue weighted by atomic mass is 127. The smallest absolute Gasteiger partial charge is 0.164 e. The zero-order chi connectivity index (χ0) is 33.2. The van der Waals surface area contributed by atoms with Crippen molar-refractivity contribution in [3.05, 3.63) is 37.1 Å². The monoisotopic (exact) mass is 907 g/mol. The van der Waals surface area contributed by atoms with Gasteiger partial charge in [0.2, 0.25) is 0 Å². The van der Waals surface area contributed by atoms with Gasteiger partial charge >= 0.3 is 0 Å². The number of hydrogen-bond donors (Lipinski definition) is 0. The van der Waals surface area contributed by atoms with Gasteiger partial charge in [0.25, 0.3) is 0 Å². The van der Waals surface area contributed by atoms with Gasteiger partial charge in [-0.1, -0.05) is 57.8 Å². The minimum atomic E-state index is -1.06. The summed E-state index contributed by atoms with van der Waals surface area (Å²) in [6, 6.07) is 3.63. The SMILES string of the molecule is CC1C[C@H]2CC[C@@H](C1)N2c1cnc2c(I)cn(COCC[Si](C)(C)C)c2n1.C[Si](C)(C)CCOCn1cc(I)c2ncc(Cl)nc21. The van der Waals surface area contributed by atoms with Crippen LogP contribution in [0.4, 0.5) is 5.82 Å². The van der Waals surface area contributed by atoms with Crippen molar-refractivity contribution in [2.45, 2.75) is 110 Å². The van der Waals surface area contributed by atoms with Gasteiger partial charge in [-0.15, -0.1) is 0 Å². The van der Waals surface area contributed by atoms with E-state index in [9.17, 15) is 0 Å². The second-order valence-corrected chi connectivity index (χ2v) is 29.2. The number of ether oxygens (including phenoxy) is 2. The van der Waals surface area contributed by atoms with Crippen molar-refractivity contribution in [3.8, 4) is 0 Å². The van der Waals surface area contributed by atoms with E-state index in [4.69, 9.17) is 31.0 Å². The molecule has 0 saturated carbocycles. The molecule has 0 spiro atoms. The molecule has 6 heterocycles. The van der Waals surface area contributed by atoms with Crippen LogP contribution >= 0.6 is 56.8 Å². The molecule has 4 aromatic heterocycles. The van der Waals surface area contributed by atoms with E-state index in [1.165, 1.54) is 31.7 Å². The second-order valence-electron chi connectivity index (χ2n) is 15.2. The molecule has 2 bridgehead atoms. The number of fused-ring (bicyclic) bond motifs is 4. The molecule has 46 heavy (non-hydrogen) atoms. The summed E-state index contributed by atoms with van der Waals surface area (Å²) in [6.45, 7) is 19.3. The average Bonchev–Trinajstić information content (AvgIpc) is 3.56. The molecule has 4 aromatic rings. The Kier molecular flexibility index (Phi) is 12.2. The molecule has 6 rings (SSSR count). The molecule has 0 amide bonds. The first-order valence-corrected chi connectivity index (χ1v) is 26.3. The Morgan fingerprint density at radius 1 is 0.783 bits per heavy atom. The van der Waals surface area contributed by atoms with Crippen molar-refractivity contribution in [2.75, 3.05) is 18.1 Å². The molecule has 14 heteroatoms. The summed E-state index contributed by atoms with van der Waals surface area (Å²) in [6.07, 6.45) is 12.8. The number of halogens is 3. The highest BCUT2D eigenvalue weighted by molar-refractivity contribution is 14.1. The number of piperidine rings is 1. The molecule has 9 nitrogen and oxygen atoms in total. The minimum Gasteiger partial charge on any atom is -0.361 e. The summed E-state index contributed by atoms with van der Waals surface area (Å²) < 4.78 is 18.0.